The van der Waals surface area contributed by atoms with E-state index in [-0.39, 0.29) is 10.1 Å². The van der Waals surface area contributed by atoms with E-state index < -0.39 is 27.7 Å². The Hall–Kier alpha value is -3.27. The number of hydrogen-bond acceptors (Lipinski definition) is 7. The number of aryl methyl sites for hydroxylation is 1. The van der Waals surface area contributed by atoms with Gasteiger partial charge in [-0.3, -0.25) is 25.0 Å². The number of amides is 1. The Morgan fingerprint density at radius 2 is 2.16 bits per heavy atom. The first-order chi connectivity index (χ1) is 11.9. The monoisotopic (exact) mass is 360 g/mol. The second-order valence-electron chi connectivity index (χ2n) is 5.01. The molecule has 1 amide bonds. The molecule has 0 bridgehead atoms. The number of fused-ring (bicyclic) bond motifs is 1. The van der Waals surface area contributed by atoms with Gasteiger partial charge in [-0.1, -0.05) is 12.1 Å². The summed E-state index contributed by atoms with van der Waals surface area (Å²) in [5.74, 6) is -1.31. The average Bonchev–Trinajstić information content (AvgIpc) is 3.04. The number of carbonyl (C=O) groups is 1. The number of thiazole rings is 1. The lowest BCUT2D eigenvalue weighted by atomic mass is 10.1. The lowest BCUT2D eigenvalue weighted by Gasteiger charge is -2.12. The minimum atomic E-state index is -0.875. The zero-order valence-electron chi connectivity index (χ0n) is 12.9. The molecule has 128 valence electrons. The van der Waals surface area contributed by atoms with Gasteiger partial charge in [0.25, 0.3) is 11.5 Å². The molecule has 0 atom stereocenters. The first-order valence-electron chi connectivity index (χ1n) is 7.20. The van der Waals surface area contributed by atoms with Crippen LogP contribution in [0.2, 0.25) is 0 Å². The van der Waals surface area contributed by atoms with Gasteiger partial charge >= 0.3 is 5.00 Å². The van der Waals surface area contributed by atoms with E-state index in [0.29, 0.717) is 28.8 Å². The smallest absolute Gasteiger partial charge is 0.345 e. The first-order valence-corrected chi connectivity index (χ1v) is 8.01. The van der Waals surface area contributed by atoms with Crippen molar-refractivity contribution in [1.82, 2.24) is 9.55 Å². The van der Waals surface area contributed by atoms with Crippen molar-refractivity contribution in [3.05, 3.63) is 56.5 Å². The van der Waals surface area contributed by atoms with Crippen LogP contribution in [0.25, 0.3) is 10.9 Å². The Bertz CT molecular complexity index is 1060. The number of rotatable bonds is 4. The number of benzene rings is 1. The number of pyridine rings is 1. The van der Waals surface area contributed by atoms with Crippen LogP contribution in [-0.4, -0.2) is 25.5 Å². The predicted molar refractivity (Wildman–Crippen MR) is 92.3 cm³/mol. The molecule has 0 spiro atoms. The molecule has 2 heterocycles. The SMILES string of the molecule is CCn1c(=O)c(C(=O)Nc2ncc([N+](=O)[O-])s2)c(O)c2ccccc21. The molecule has 0 unspecified atom stereocenters. The highest BCUT2D eigenvalue weighted by atomic mass is 32.1. The van der Waals surface area contributed by atoms with Crippen LogP contribution in [0.4, 0.5) is 10.1 Å². The molecule has 9 nitrogen and oxygen atoms in total. The molecule has 0 fully saturated rings. The van der Waals surface area contributed by atoms with E-state index in [9.17, 15) is 24.8 Å². The quantitative estimate of drug-likeness (QED) is 0.543. The summed E-state index contributed by atoms with van der Waals surface area (Å²) in [6, 6.07) is 6.67. The third-order valence-electron chi connectivity index (χ3n) is 3.58. The van der Waals surface area contributed by atoms with Crippen molar-refractivity contribution in [2.75, 3.05) is 5.32 Å². The molecule has 1 aromatic carbocycles. The van der Waals surface area contributed by atoms with Crippen molar-refractivity contribution >= 4 is 38.3 Å². The molecular weight excluding hydrogens is 348 g/mol. The second kappa shape index (κ2) is 6.32. The van der Waals surface area contributed by atoms with E-state index in [4.69, 9.17) is 0 Å². The topological polar surface area (TPSA) is 127 Å². The Balaban J connectivity index is 2.09. The van der Waals surface area contributed by atoms with E-state index in [0.717, 1.165) is 6.20 Å². The fourth-order valence-corrected chi connectivity index (χ4v) is 3.10. The maximum atomic E-state index is 12.6. The molecule has 3 rings (SSSR count). The van der Waals surface area contributed by atoms with E-state index >= 15 is 0 Å². The molecule has 0 aliphatic rings. The van der Waals surface area contributed by atoms with Crippen LogP contribution in [0.5, 0.6) is 5.75 Å². The van der Waals surface area contributed by atoms with E-state index in [2.05, 4.69) is 10.3 Å². The highest BCUT2D eigenvalue weighted by Crippen LogP contribution is 2.28. The molecular formula is C15H12N4O5S. The van der Waals surface area contributed by atoms with Crippen LogP contribution in [-0.2, 0) is 6.54 Å². The van der Waals surface area contributed by atoms with Crippen molar-refractivity contribution in [3.63, 3.8) is 0 Å². The van der Waals surface area contributed by atoms with Crippen molar-refractivity contribution in [1.29, 1.82) is 0 Å². The summed E-state index contributed by atoms with van der Waals surface area (Å²) in [6.07, 6.45) is 1.00. The molecule has 0 aliphatic carbocycles. The molecule has 25 heavy (non-hydrogen) atoms. The van der Waals surface area contributed by atoms with Crippen LogP contribution in [0.15, 0.2) is 35.3 Å². The summed E-state index contributed by atoms with van der Waals surface area (Å²) in [7, 11) is 0. The van der Waals surface area contributed by atoms with Gasteiger partial charge in [-0.05, 0) is 30.4 Å². The molecule has 3 aromatic rings. The number of nitrogens with one attached hydrogen (secondary N) is 1. The van der Waals surface area contributed by atoms with Gasteiger partial charge in [0.15, 0.2) is 5.13 Å². The number of aromatic nitrogens is 2. The van der Waals surface area contributed by atoms with Crippen molar-refractivity contribution in [2.24, 2.45) is 0 Å². The fourth-order valence-electron chi connectivity index (χ4n) is 2.48. The first kappa shape index (κ1) is 16.6. The van der Waals surface area contributed by atoms with Crippen LogP contribution >= 0.6 is 11.3 Å². The highest BCUT2D eigenvalue weighted by Gasteiger charge is 2.23. The normalized spacial score (nSPS) is 10.8. The highest BCUT2D eigenvalue weighted by molar-refractivity contribution is 7.18. The van der Waals surface area contributed by atoms with Gasteiger partial charge in [0.05, 0.1) is 10.4 Å². The summed E-state index contributed by atoms with van der Waals surface area (Å²) in [4.78, 5) is 38.8. The number of aromatic hydroxyl groups is 1. The Kier molecular flexibility index (Phi) is 4.19. The molecule has 0 aliphatic heterocycles. The Morgan fingerprint density at radius 1 is 1.44 bits per heavy atom. The summed E-state index contributed by atoms with van der Waals surface area (Å²) >= 11 is 0.657. The average molecular weight is 360 g/mol. The minimum absolute atomic E-state index is 0.0355. The van der Waals surface area contributed by atoms with Gasteiger partial charge in [-0.15, -0.1) is 0 Å². The molecule has 0 saturated carbocycles. The zero-order valence-corrected chi connectivity index (χ0v) is 13.7. The van der Waals surface area contributed by atoms with Gasteiger partial charge in [0.1, 0.15) is 17.5 Å². The van der Waals surface area contributed by atoms with Gasteiger partial charge in [-0.2, -0.15) is 0 Å². The zero-order chi connectivity index (χ0) is 18.1. The van der Waals surface area contributed by atoms with Gasteiger partial charge < -0.3 is 9.67 Å². The van der Waals surface area contributed by atoms with Gasteiger partial charge in [0.2, 0.25) is 0 Å². The van der Waals surface area contributed by atoms with Crippen LogP contribution < -0.4 is 10.9 Å². The third kappa shape index (κ3) is 2.83. The Labute approximate surface area is 144 Å². The van der Waals surface area contributed by atoms with Crippen molar-refractivity contribution in [2.45, 2.75) is 13.5 Å². The third-order valence-corrected chi connectivity index (χ3v) is 4.45. The molecule has 0 radical (unpaired) electrons. The molecule has 2 N–H and O–H groups in total. The number of para-hydroxylation sites is 1. The van der Waals surface area contributed by atoms with E-state index in [1.807, 2.05) is 0 Å². The van der Waals surface area contributed by atoms with Crippen LogP contribution in [0.1, 0.15) is 17.3 Å². The molecule has 10 heteroatoms. The largest absolute Gasteiger partial charge is 0.506 e. The minimum Gasteiger partial charge on any atom is -0.506 e. The van der Waals surface area contributed by atoms with Gasteiger partial charge in [0, 0.05) is 11.9 Å². The number of carbonyl (C=O) groups excluding carboxylic acids is 1. The Morgan fingerprint density at radius 3 is 2.80 bits per heavy atom. The lowest BCUT2D eigenvalue weighted by Crippen LogP contribution is -2.29. The lowest BCUT2D eigenvalue weighted by molar-refractivity contribution is -0.380. The fraction of sp³-hybridized carbons (Fsp3) is 0.133. The summed E-state index contributed by atoms with van der Waals surface area (Å²) < 4.78 is 1.37. The summed E-state index contributed by atoms with van der Waals surface area (Å²) in [5, 5.41) is 23.5. The number of anilines is 1. The van der Waals surface area contributed by atoms with Crippen LogP contribution in [0.3, 0.4) is 0 Å². The standard InChI is InChI=1S/C15H12N4O5S/c1-2-18-9-6-4-3-5-8(9)12(20)11(14(18)22)13(21)17-15-16-7-10(25-15)19(23)24/h3-7,20H,2H2,1H3,(H,16,17,21). The number of nitro groups is 1. The number of hydrogen-bond donors (Lipinski definition) is 2. The predicted octanol–water partition coefficient (Wildman–Crippen LogP) is 2.34. The second-order valence-corrected chi connectivity index (χ2v) is 6.01. The van der Waals surface area contributed by atoms with Crippen molar-refractivity contribution in [3.8, 4) is 5.75 Å². The van der Waals surface area contributed by atoms with E-state index in [1.165, 1.54) is 4.57 Å². The molecule has 2 aromatic heterocycles. The summed E-state index contributed by atoms with van der Waals surface area (Å²) in [6.45, 7) is 2.05. The van der Waals surface area contributed by atoms with Crippen LogP contribution in [0, 0.1) is 10.1 Å². The van der Waals surface area contributed by atoms with E-state index in [1.54, 1.807) is 31.2 Å². The molecule has 0 saturated heterocycles. The maximum Gasteiger partial charge on any atom is 0.345 e. The summed E-state index contributed by atoms with van der Waals surface area (Å²) in [5.41, 5.74) is -0.574. The number of nitrogens with zero attached hydrogens (tertiary/aromatic N) is 3. The van der Waals surface area contributed by atoms with Gasteiger partial charge in [-0.25, -0.2) is 4.98 Å². The van der Waals surface area contributed by atoms with Crippen molar-refractivity contribution < 1.29 is 14.8 Å². The maximum absolute atomic E-state index is 12.6.